The van der Waals surface area contributed by atoms with E-state index in [1.165, 1.54) is 30.3 Å². The molecule has 6 N–H and O–H groups in total. The monoisotopic (exact) mass is 562 g/mol. The number of phenolic OH excluding ortho intramolecular Hbond substituents is 4. The maximum absolute atomic E-state index is 13.3. The number of Topliss-reactive ketones (excluding diaryl/α,β-unsaturated/α-hetero) is 1. The fourth-order valence-corrected chi connectivity index (χ4v) is 5.12. The minimum atomic E-state index is -1.49. The molecule has 11 heteroatoms. The van der Waals surface area contributed by atoms with E-state index in [4.69, 9.17) is 0 Å². The molecule has 2 atom stereocenters. The first-order valence-electron chi connectivity index (χ1n) is 12.9. The zero-order chi connectivity index (χ0) is 29.8. The first-order valence-corrected chi connectivity index (χ1v) is 12.9. The molecule has 214 valence electrons. The predicted octanol–water partition coefficient (Wildman–Crippen LogP) is 3.15. The fraction of sp³-hybridized carbons (Fsp3) is 0.267. The molecule has 11 nitrogen and oxygen atoms in total. The van der Waals surface area contributed by atoms with E-state index in [-0.39, 0.29) is 29.6 Å². The van der Waals surface area contributed by atoms with Crippen LogP contribution in [0.3, 0.4) is 0 Å². The number of aromatic carboxylic acids is 1. The number of carboxylic acid groups (broad SMARTS) is 1. The van der Waals surface area contributed by atoms with Crippen molar-refractivity contribution in [3.05, 3.63) is 82.4 Å². The number of amides is 1. The van der Waals surface area contributed by atoms with Gasteiger partial charge in [-0.25, -0.2) is 4.79 Å². The number of ketones is 2. The Kier molecular flexibility index (Phi) is 8.58. The van der Waals surface area contributed by atoms with Crippen molar-refractivity contribution in [3.63, 3.8) is 0 Å². The maximum atomic E-state index is 13.3. The van der Waals surface area contributed by atoms with Crippen LogP contribution in [0.15, 0.2) is 54.6 Å². The maximum Gasteiger partial charge on any atom is 0.336 e. The smallest absolute Gasteiger partial charge is 0.336 e. The van der Waals surface area contributed by atoms with Crippen molar-refractivity contribution in [1.82, 2.24) is 10.2 Å². The standard InChI is InChI=1S/C30H30N2O9/c1-32-11-3-4-17(21(15-32)31-29(39)16-7-9-19(33)10-8-16)12-23(35)18-13-24(36)27(25(37)14-18)28(38)26-20(30(40)41)5-2-6-22(26)34/h2,5-10,13-14,17,21,33-34,36-37H,3-4,11-12,15H2,1H3,(H,31,39)(H,40,41)/t17?,21-/m1/s1. The van der Waals surface area contributed by atoms with Crippen molar-refractivity contribution in [2.75, 3.05) is 20.1 Å². The molecule has 1 aliphatic heterocycles. The molecule has 1 saturated heterocycles. The van der Waals surface area contributed by atoms with Gasteiger partial charge in [0.1, 0.15) is 28.6 Å². The highest BCUT2D eigenvalue weighted by Gasteiger charge is 2.31. The van der Waals surface area contributed by atoms with E-state index < -0.39 is 57.5 Å². The summed E-state index contributed by atoms with van der Waals surface area (Å²) in [6, 6.07) is 10.9. The van der Waals surface area contributed by atoms with E-state index in [0.29, 0.717) is 18.5 Å². The van der Waals surface area contributed by atoms with Gasteiger partial charge in [-0.05, 0) is 80.9 Å². The van der Waals surface area contributed by atoms with E-state index in [0.717, 1.165) is 37.2 Å². The molecule has 0 aromatic heterocycles. The lowest BCUT2D eigenvalue weighted by Gasteiger charge is -2.28. The number of hydrogen-bond acceptors (Lipinski definition) is 9. The summed E-state index contributed by atoms with van der Waals surface area (Å²) >= 11 is 0. The Morgan fingerprint density at radius 1 is 0.878 bits per heavy atom. The average Bonchev–Trinajstić information content (AvgIpc) is 3.08. The highest BCUT2D eigenvalue weighted by molar-refractivity contribution is 6.18. The molecule has 0 radical (unpaired) electrons. The SMILES string of the molecule is CN1CCCC(CC(=O)c2cc(O)c(C(=O)c3c(O)cccc3C(=O)O)c(O)c2)[C@H](NC(=O)c2ccc(O)cc2)C1. The van der Waals surface area contributed by atoms with Crippen LogP contribution >= 0.6 is 0 Å². The van der Waals surface area contributed by atoms with Gasteiger partial charge in [0.25, 0.3) is 5.91 Å². The first-order chi connectivity index (χ1) is 19.5. The highest BCUT2D eigenvalue weighted by atomic mass is 16.4. The molecule has 1 amide bonds. The van der Waals surface area contributed by atoms with Crippen LogP contribution in [-0.4, -0.2) is 80.1 Å². The minimum Gasteiger partial charge on any atom is -0.508 e. The number of likely N-dealkylation sites (tertiary alicyclic amines) is 1. The number of nitrogens with one attached hydrogen (secondary N) is 1. The molecule has 0 saturated carbocycles. The van der Waals surface area contributed by atoms with Gasteiger partial charge in [-0.3, -0.25) is 14.4 Å². The molecule has 1 fully saturated rings. The Morgan fingerprint density at radius 2 is 1.54 bits per heavy atom. The van der Waals surface area contributed by atoms with Gasteiger partial charge < -0.3 is 35.7 Å². The summed E-state index contributed by atoms with van der Waals surface area (Å²) in [5.41, 5.74) is -1.51. The first kappa shape index (κ1) is 29.1. The van der Waals surface area contributed by atoms with Crippen LogP contribution in [0.4, 0.5) is 0 Å². The quantitative estimate of drug-likeness (QED) is 0.223. The van der Waals surface area contributed by atoms with Gasteiger partial charge in [0.05, 0.1) is 11.1 Å². The Hall–Kier alpha value is -4.90. The second-order valence-corrected chi connectivity index (χ2v) is 10.1. The lowest BCUT2D eigenvalue weighted by atomic mass is 9.87. The van der Waals surface area contributed by atoms with Gasteiger partial charge in [-0.2, -0.15) is 0 Å². The molecule has 1 aliphatic rings. The second kappa shape index (κ2) is 12.1. The number of carbonyl (C=O) groups excluding carboxylic acids is 3. The number of hydrogen-bond donors (Lipinski definition) is 6. The van der Waals surface area contributed by atoms with Crippen LogP contribution in [0.5, 0.6) is 23.0 Å². The normalized spacial score (nSPS) is 17.4. The molecule has 0 aliphatic carbocycles. The van der Waals surface area contributed by atoms with Crippen LogP contribution < -0.4 is 5.32 Å². The molecular formula is C30H30N2O9. The Bertz CT molecular complexity index is 1480. The number of carbonyl (C=O) groups is 4. The van der Waals surface area contributed by atoms with Gasteiger partial charge in [-0.15, -0.1) is 0 Å². The summed E-state index contributed by atoms with van der Waals surface area (Å²) < 4.78 is 0. The minimum absolute atomic E-state index is 0.0246. The van der Waals surface area contributed by atoms with Crippen molar-refractivity contribution in [2.24, 2.45) is 5.92 Å². The Labute approximate surface area is 235 Å². The molecule has 0 bridgehead atoms. The number of benzene rings is 3. The van der Waals surface area contributed by atoms with Gasteiger partial charge in [-0.1, -0.05) is 6.07 Å². The number of likely N-dealkylation sites (N-methyl/N-ethyl adjacent to an activating group) is 1. The van der Waals surface area contributed by atoms with Crippen LogP contribution in [0.25, 0.3) is 0 Å². The van der Waals surface area contributed by atoms with Gasteiger partial charge >= 0.3 is 5.97 Å². The highest BCUT2D eigenvalue weighted by Crippen LogP contribution is 2.35. The Morgan fingerprint density at radius 3 is 2.17 bits per heavy atom. The summed E-state index contributed by atoms with van der Waals surface area (Å²) in [7, 11) is 1.91. The largest absolute Gasteiger partial charge is 0.508 e. The lowest BCUT2D eigenvalue weighted by Crippen LogP contribution is -2.46. The van der Waals surface area contributed by atoms with Crippen molar-refractivity contribution in [2.45, 2.75) is 25.3 Å². The van der Waals surface area contributed by atoms with Crippen molar-refractivity contribution in [1.29, 1.82) is 0 Å². The van der Waals surface area contributed by atoms with E-state index in [2.05, 4.69) is 10.2 Å². The molecule has 0 spiro atoms. The molecule has 1 unspecified atom stereocenters. The molecular weight excluding hydrogens is 532 g/mol. The number of phenols is 4. The van der Waals surface area contributed by atoms with Crippen LogP contribution in [0, 0.1) is 5.92 Å². The summed E-state index contributed by atoms with van der Waals surface area (Å²) in [6.07, 6.45) is 1.37. The summed E-state index contributed by atoms with van der Waals surface area (Å²) in [5.74, 6) is -5.82. The van der Waals surface area contributed by atoms with Crippen molar-refractivity contribution in [3.8, 4) is 23.0 Å². The van der Waals surface area contributed by atoms with Crippen LogP contribution in [0.1, 0.15) is 66.3 Å². The van der Waals surface area contributed by atoms with Crippen LogP contribution in [-0.2, 0) is 0 Å². The van der Waals surface area contributed by atoms with Crippen molar-refractivity contribution >= 4 is 23.4 Å². The molecule has 1 heterocycles. The van der Waals surface area contributed by atoms with Gasteiger partial charge in [0, 0.05) is 30.1 Å². The summed E-state index contributed by atoms with van der Waals surface area (Å²) in [5, 5.41) is 53.3. The van der Waals surface area contributed by atoms with Crippen LogP contribution in [0.2, 0.25) is 0 Å². The zero-order valence-electron chi connectivity index (χ0n) is 22.2. The topological polar surface area (TPSA) is 185 Å². The number of rotatable bonds is 8. The molecule has 4 rings (SSSR count). The Balaban J connectivity index is 1.57. The van der Waals surface area contributed by atoms with Gasteiger partial charge in [0.15, 0.2) is 5.78 Å². The van der Waals surface area contributed by atoms with E-state index >= 15 is 0 Å². The third-order valence-corrected chi connectivity index (χ3v) is 7.23. The summed E-state index contributed by atoms with van der Waals surface area (Å²) in [4.78, 5) is 52.9. The predicted molar refractivity (Wildman–Crippen MR) is 147 cm³/mol. The third-order valence-electron chi connectivity index (χ3n) is 7.23. The van der Waals surface area contributed by atoms with E-state index in [1.54, 1.807) is 0 Å². The fourth-order valence-electron chi connectivity index (χ4n) is 5.12. The number of aromatic hydroxyl groups is 4. The molecule has 41 heavy (non-hydrogen) atoms. The zero-order valence-corrected chi connectivity index (χ0v) is 22.2. The molecule has 3 aromatic carbocycles. The number of carboxylic acids is 1. The van der Waals surface area contributed by atoms with E-state index in [1.807, 2.05) is 7.05 Å². The van der Waals surface area contributed by atoms with Crippen molar-refractivity contribution < 1.29 is 44.7 Å². The average molecular weight is 563 g/mol. The lowest BCUT2D eigenvalue weighted by molar-refractivity contribution is 0.0691. The summed E-state index contributed by atoms with van der Waals surface area (Å²) in [6.45, 7) is 1.25. The third kappa shape index (κ3) is 6.47. The van der Waals surface area contributed by atoms with E-state index in [9.17, 15) is 44.7 Å². The molecule has 3 aromatic rings. The van der Waals surface area contributed by atoms with Gasteiger partial charge in [0.2, 0.25) is 5.78 Å². The second-order valence-electron chi connectivity index (χ2n) is 10.1. The number of nitrogens with zero attached hydrogens (tertiary/aromatic N) is 1.